The third-order valence-corrected chi connectivity index (χ3v) is 2.69. The van der Waals surface area contributed by atoms with E-state index in [0.29, 0.717) is 11.2 Å². The number of aromatic nitrogens is 1. The Morgan fingerprint density at radius 1 is 1.47 bits per heavy atom. The number of carboxylic acids is 1. The minimum absolute atomic E-state index is 0.0201. The Labute approximate surface area is 109 Å². The number of pyridine rings is 1. The number of nitrogens with zero attached hydrogens (tertiary/aromatic N) is 1. The van der Waals surface area contributed by atoms with Crippen molar-refractivity contribution in [1.82, 2.24) is 4.98 Å². The number of ether oxygens (including phenoxy) is 1. The van der Waals surface area contributed by atoms with Crippen molar-refractivity contribution in [1.29, 1.82) is 0 Å². The Balaban J connectivity index is 2.38. The molecule has 0 saturated heterocycles. The number of carbonyl (C=O) groups is 1. The van der Waals surface area contributed by atoms with Crippen LogP contribution in [0.3, 0.4) is 0 Å². The Morgan fingerprint density at radius 3 is 2.95 bits per heavy atom. The number of aliphatic carboxylic acids is 1. The number of anilines is 1. The predicted octanol–water partition coefficient (Wildman–Crippen LogP) is 1.45. The fourth-order valence-electron chi connectivity index (χ4n) is 1.78. The van der Waals surface area contributed by atoms with Gasteiger partial charge in [-0.15, -0.1) is 0 Å². The van der Waals surface area contributed by atoms with E-state index < -0.39 is 12.0 Å². The molecule has 100 valence electrons. The molecule has 0 bridgehead atoms. The molecule has 2 aromatic rings. The number of aromatic hydroxyl groups is 1. The highest BCUT2D eigenvalue weighted by atomic mass is 16.5. The number of benzene rings is 1. The lowest BCUT2D eigenvalue weighted by molar-refractivity contribution is -0.139. The number of hydrogen-bond acceptors (Lipinski definition) is 5. The van der Waals surface area contributed by atoms with Crippen molar-refractivity contribution in [2.45, 2.75) is 6.04 Å². The first-order chi connectivity index (χ1) is 9.11. The van der Waals surface area contributed by atoms with E-state index in [1.807, 2.05) is 0 Å². The molecular formula is C13H14N2O4. The Hall–Kier alpha value is -2.34. The van der Waals surface area contributed by atoms with Gasteiger partial charge in [-0.25, -0.2) is 9.78 Å². The Morgan fingerprint density at radius 2 is 2.26 bits per heavy atom. The molecule has 6 nitrogen and oxygen atoms in total. The van der Waals surface area contributed by atoms with E-state index in [-0.39, 0.29) is 12.4 Å². The Kier molecular flexibility index (Phi) is 3.82. The zero-order chi connectivity index (χ0) is 13.8. The Bertz CT molecular complexity index is 600. The standard InChI is InChI=1S/C13H14N2O4/c1-19-7-11(13(17)18)15-12-10-6-9(16)3-2-8(10)4-5-14-12/h2-6,11,16H,7H2,1H3,(H,14,15)(H,17,18). The summed E-state index contributed by atoms with van der Waals surface area (Å²) in [6.45, 7) is 0.0201. The maximum absolute atomic E-state index is 11.1. The molecule has 1 aromatic carbocycles. The number of hydrogen-bond donors (Lipinski definition) is 3. The van der Waals surface area contributed by atoms with Gasteiger partial charge < -0.3 is 20.3 Å². The van der Waals surface area contributed by atoms with E-state index in [1.165, 1.54) is 13.2 Å². The molecule has 3 N–H and O–H groups in total. The normalized spacial score (nSPS) is 12.3. The van der Waals surface area contributed by atoms with E-state index in [2.05, 4.69) is 10.3 Å². The number of fused-ring (bicyclic) bond motifs is 1. The summed E-state index contributed by atoms with van der Waals surface area (Å²) in [5.74, 6) is -0.527. The molecule has 0 aliphatic rings. The molecule has 0 saturated carbocycles. The molecule has 1 heterocycles. The molecule has 19 heavy (non-hydrogen) atoms. The van der Waals surface area contributed by atoms with Gasteiger partial charge in [0.2, 0.25) is 0 Å². The van der Waals surface area contributed by atoms with E-state index in [1.54, 1.807) is 24.4 Å². The lowest BCUT2D eigenvalue weighted by Gasteiger charge is -2.15. The van der Waals surface area contributed by atoms with Gasteiger partial charge in [0.05, 0.1) is 6.61 Å². The van der Waals surface area contributed by atoms with Crippen molar-refractivity contribution < 1.29 is 19.7 Å². The molecular weight excluding hydrogens is 248 g/mol. The van der Waals surface area contributed by atoms with Crippen LogP contribution < -0.4 is 5.32 Å². The van der Waals surface area contributed by atoms with Crippen molar-refractivity contribution in [3.63, 3.8) is 0 Å². The maximum Gasteiger partial charge on any atom is 0.328 e. The lowest BCUT2D eigenvalue weighted by atomic mass is 10.1. The molecule has 2 rings (SSSR count). The van der Waals surface area contributed by atoms with Crippen LogP contribution in [-0.2, 0) is 9.53 Å². The highest BCUT2D eigenvalue weighted by Crippen LogP contribution is 2.25. The third-order valence-electron chi connectivity index (χ3n) is 2.69. The van der Waals surface area contributed by atoms with Gasteiger partial charge >= 0.3 is 5.97 Å². The average Bonchev–Trinajstić information content (AvgIpc) is 2.38. The van der Waals surface area contributed by atoms with E-state index in [9.17, 15) is 9.90 Å². The second-order valence-corrected chi connectivity index (χ2v) is 4.06. The molecule has 0 aliphatic heterocycles. The first-order valence-corrected chi connectivity index (χ1v) is 5.68. The van der Waals surface area contributed by atoms with Gasteiger partial charge in [0.25, 0.3) is 0 Å². The monoisotopic (exact) mass is 262 g/mol. The summed E-state index contributed by atoms with van der Waals surface area (Å²) >= 11 is 0. The number of rotatable bonds is 5. The largest absolute Gasteiger partial charge is 0.508 e. The van der Waals surface area contributed by atoms with Gasteiger partial charge in [-0.2, -0.15) is 0 Å². The van der Waals surface area contributed by atoms with Crippen LogP contribution in [-0.4, -0.2) is 40.9 Å². The summed E-state index contributed by atoms with van der Waals surface area (Å²) in [7, 11) is 1.43. The zero-order valence-corrected chi connectivity index (χ0v) is 10.3. The quantitative estimate of drug-likeness (QED) is 0.755. The van der Waals surface area contributed by atoms with Gasteiger partial charge in [-0.1, -0.05) is 6.07 Å². The van der Waals surface area contributed by atoms with Gasteiger partial charge in [-0.3, -0.25) is 0 Å². The van der Waals surface area contributed by atoms with Crippen molar-refractivity contribution in [2.24, 2.45) is 0 Å². The third kappa shape index (κ3) is 2.92. The second kappa shape index (κ2) is 5.53. The highest BCUT2D eigenvalue weighted by Gasteiger charge is 2.18. The molecule has 0 radical (unpaired) electrons. The molecule has 1 unspecified atom stereocenters. The minimum atomic E-state index is -1.03. The number of nitrogens with one attached hydrogen (secondary N) is 1. The minimum Gasteiger partial charge on any atom is -0.508 e. The summed E-state index contributed by atoms with van der Waals surface area (Å²) in [4.78, 5) is 15.2. The number of phenols is 1. The summed E-state index contributed by atoms with van der Waals surface area (Å²) in [6.07, 6.45) is 1.58. The molecule has 1 atom stereocenters. The first kappa shape index (κ1) is 13.1. The van der Waals surface area contributed by atoms with Crippen LogP contribution >= 0.6 is 0 Å². The van der Waals surface area contributed by atoms with Crippen molar-refractivity contribution >= 4 is 22.6 Å². The van der Waals surface area contributed by atoms with Crippen molar-refractivity contribution in [3.8, 4) is 5.75 Å². The number of carboxylic acid groups (broad SMARTS) is 1. The van der Waals surface area contributed by atoms with E-state index in [4.69, 9.17) is 9.84 Å². The smallest absolute Gasteiger partial charge is 0.328 e. The van der Waals surface area contributed by atoms with E-state index in [0.717, 1.165) is 5.39 Å². The second-order valence-electron chi connectivity index (χ2n) is 4.06. The van der Waals surface area contributed by atoms with Gasteiger partial charge in [0.15, 0.2) is 0 Å². The molecule has 0 fully saturated rings. The summed E-state index contributed by atoms with van der Waals surface area (Å²) in [6, 6.07) is 5.73. The van der Waals surface area contributed by atoms with Crippen molar-refractivity contribution in [2.75, 3.05) is 19.0 Å². The first-order valence-electron chi connectivity index (χ1n) is 5.68. The summed E-state index contributed by atoms with van der Waals surface area (Å²) in [5.41, 5.74) is 0. The van der Waals surface area contributed by atoms with Crippen LogP contribution in [0.4, 0.5) is 5.82 Å². The fourth-order valence-corrected chi connectivity index (χ4v) is 1.78. The lowest BCUT2D eigenvalue weighted by Crippen LogP contribution is -2.34. The maximum atomic E-state index is 11.1. The van der Waals surface area contributed by atoms with Crippen LogP contribution in [0.5, 0.6) is 5.75 Å². The average molecular weight is 262 g/mol. The number of methoxy groups -OCH3 is 1. The zero-order valence-electron chi connectivity index (χ0n) is 10.3. The van der Waals surface area contributed by atoms with Gasteiger partial charge in [0, 0.05) is 18.7 Å². The molecule has 1 aromatic heterocycles. The highest BCUT2D eigenvalue weighted by molar-refractivity contribution is 5.94. The summed E-state index contributed by atoms with van der Waals surface area (Å²) < 4.78 is 4.85. The topological polar surface area (TPSA) is 91.7 Å². The van der Waals surface area contributed by atoms with Crippen LogP contribution in [0, 0.1) is 0 Å². The van der Waals surface area contributed by atoms with Gasteiger partial charge in [0.1, 0.15) is 17.6 Å². The fraction of sp³-hybridized carbons (Fsp3) is 0.231. The van der Waals surface area contributed by atoms with Crippen LogP contribution in [0.1, 0.15) is 0 Å². The van der Waals surface area contributed by atoms with E-state index >= 15 is 0 Å². The van der Waals surface area contributed by atoms with Gasteiger partial charge in [-0.05, 0) is 23.6 Å². The summed E-state index contributed by atoms with van der Waals surface area (Å²) in [5, 5.41) is 22.9. The number of phenolic OH excluding ortho intramolecular Hbond substituents is 1. The molecule has 0 spiro atoms. The predicted molar refractivity (Wildman–Crippen MR) is 70.3 cm³/mol. The molecule has 0 amide bonds. The van der Waals surface area contributed by atoms with Crippen LogP contribution in [0.2, 0.25) is 0 Å². The van der Waals surface area contributed by atoms with Crippen LogP contribution in [0.15, 0.2) is 30.5 Å². The molecule has 0 aliphatic carbocycles. The van der Waals surface area contributed by atoms with Crippen LogP contribution in [0.25, 0.3) is 10.8 Å². The van der Waals surface area contributed by atoms with Crippen molar-refractivity contribution in [3.05, 3.63) is 30.5 Å². The molecule has 6 heteroatoms. The SMILES string of the molecule is COCC(Nc1nccc2ccc(O)cc12)C(=O)O.